The lowest BCUT2D eigenvalue weighted by molar-refractivity contribution is 0.0185. The second-order valence-electron chi connectivity index (χ2n) is 6.64. The molecule has 1 atom stereocenters. The van der Waals surface area contributed by atoms with Crippen molar-refractivity contribution in [2.45, 2.75) is 37.2 Å². The molecule has 1 unspecified atom stereocenters. The average molecular weight is 345 g/mol. The van der Waals surface area contributed by atoms with Crippen LogP contribution in [0.1, 0.15) is 29.5 Å². The number of benzene rings is 2. The monoisotopic (exact) mass is 345 g/mol. The van der Waals surface area contributed by atoms with Crippen LogP contribution in [0.5, 0.6) is 0 Å². The molecule has 0 aromatic heterocycles. The lowest BCUT2D eigenvalue weighted by Gasteiger charge is -2.29. The minimum absolute atomic E-state index is 0.0169. The standard InChI is InChI=1S/C19H23NO3S/c1-14-8-11-18(12-15(14)2)24(22,23)20-13-19(21,17-9-10-17)16-6-4-3-5-7-16/h3-8,11-12,17,20-21H,9-10,13H2,1-2H3. The molecule has 3 rings (SSSR count). The predicted molar refractivity (Wildman–Crippen MR) is 94.2 cm³/mol. The van der Waals surface area contributed by atoms with Crippen molar-refractivity contribution in [3.8, 4) is 0 Å². The van der Waals surface area contributed by atoms with Crippen LogP contribution in [0.15, 0.2) is 53.4 Å². The maximum absolute atomic E-state index is 12.6. The van der Waals surface area contributed by atoms with Gasteiger partial charge in [-0.3, -0.25) is 0 Å². The molecule has 0 spiro atoms. The Balaban J connectivity index is 1.83. The third-order valence-electron chi connectivity index (χ3n) is 4.85. The summed E-state index contributed by atoms with van der Waals surface area (Å²) in [4.78, 5) is 0.233. The fourth-order valence-corrected chi connectivity index (χ4v) is 4.10. The van der Waals surface area contributed by atoms with Crippen LogP contribution in [0, 0.1) is 19.8 Å². The van der Waals surface area contributed by atoms with Crippen molar-refractivity contribution < 1.29 is 13.5 Å². The Morgan fingerprint density at radius 3 is 2.33 bits per heavy atom. The van der Waals surface area contributed by atoms with E-state index < -0.39 is 15.6 Å². The summed E-state index contributed by atoms with van der Waals surface area (Å²) in [5.74, 6) is 0.0994. The lowest BCUT2D eigenvalue weighted by Crippen LogP contribution is -2.42. The molecule has 0 heterocycles. The summed E-state index contributed by atoms with van der Waals surface area (Å²) < 4.78 is 27.8. The van der Waals surface area contributed by atoms with Gasteiger partial charge in [0.15, 0.2) is 0 Å². The van der Waals surface area contributed by atoms with Gasteiger partial charge in [0, 0.05) is 6.54 Å². The molecule has 4 nitrogen and oxygen atoms in total. The normalized spacial score (nSPS) is 17.5. The summed E-state index contributed by atoms with van der Waals surface area (Å²) in [6.07, 6.45) is 1.83. The second-order valence-corrected chi connectivity index (χ2v) is 8.40. The topological polar surface area (TPSA) is 66.4 Å². The zero-order valence-corrected chi connectivity index (χ0v) is 14.8. The van der Waals surface area contributed by atoms with Gasteiger partial charge in [0.05, 0.1) is 4.90 Å². The lowest BCUT2D eigenvalue weighted by atomic mass is 9.89. The molecular formula is C19H23NO3S. The molecule has 1 aliphatic rings. The van der Waals surface area contributed by atoms with Crippen LogP contribution in [0.25, 0.3) is 0 Å². The van der Waals surface area contributed by atoms with Gasteiger partial charge in [-0.05, 0) is 61.4 Å². The molecule has 128 valence electrons. The first-order valence-electron chi connectivity index (χ1n) is 8.18. The number of hydrogen-bond donors (Lipinski definition) is 2. The van der Waals surface area contributed by atoms with Crippen LogP contribution < -0.4 is 4.72 Å². The quantitative estimate of drug-likeness (QED) is 0.846. The van der Waals surface area contributed by atoms with Crippen molar-refractivity contribution in [2.75, 3.05) is 6.54 Å². The van der Waals surface area contributed by atoms with Gasteiger partial charge in [-0.2, -0.15) is 0 Å². The molecule has 1 aliphatic carbocycles. The zero-order valence-electron chi connectivity index (χ0n) is 14.0. The van der Waals surface area contributed by atoms with Gasteiger partial charge < -0.3 is 5.11 Å². The Hall–Kier alpha value is -1.69. The van der Waals surface area contributed by atoms with Gasteiger partial charge in [-0.15, -0.1) is 0 Å². The Morgan fingerprint density at radius 1 is 1.08 bits per heavy atom. The molecule has 1 fully saturated rings. The van der Waals surface area contributed by atoms with Crippen LogP contribution in [0.4, 0.5) is 0 Å². The highest BCUT2D eigenvalue weighted by Gasteiger charge is 2.45. The van der Waals surface area contributed by atoms with Crippen LogP contribution in [0.2, 0.25) is 0 Å². The molecule has 5 heteroatoms. The maximum Gasteiger partial charge on any atom is 0.240 e. The molecule has 0 saturated heterocycles. The smallest absolute Gasteiger partial charge is 0.240 e. The van der Waals surface area contributed by atoms with E-state index in [4.69, 9.17) is 0 Å². The number of aryl methyl sites for hydroxylation is 2. The first-order valence-corrected chi connectivity index (χ1v) is 9.66. The average Bonchev–Trinajstić information content (AvgIpc) is 3.41. The minimum atomic E-state index is -3.66. The summed E-state index contributed by atoms with van der Waals surface area (Å²) >= 11 is 0. The Morgan fingerprint density at radius 2 is 1.75 bits per heavy atom. The van der Waals surface area contributed by atoms with E-state index in [0.717, 1.165) is 29.5 Å². The first kappa shape index (κ1) is 17.1. The largest absolute Gasteiger partial charge is 0.383 e. The number of sulfonamides is 1. The van der Waals surface area contributed by atoms with Crippen LogP contribution in [0.3, 0.4) is 0 Å². The molecule has 0 bridgehead atoms. The predicted octanol–water partition coefficient (Wildman–Crippen LogP) is 2.88. The molecule has 0 amide bonds. The second kappa shape index (κ2) is 6.31. The van der Waals surface area contributed by atoms with E-state index in [1.807, 2.05) is 44.2 Å². The molecule has 24 heavy (non-hydrogen) atoms. The van der Waals surface area contributed by atoms with Crippen molar-refractivity contribution in [1.82, 2.24) is 4.72 Å². The first-order chi connectivity index (χ1) is 11.3. The molecule has 0 radical (unpaired) electrons. The fourth-order valence-electron chi connectivity index (χ4n) is 2.94. The van der Waals surface area contributed by atoms with Crippen molar-refractivity contribution >= 4 is 10.0 Å². The Bertz CT molecular complexity index is 829. The van der Waals surface area contributed by atoms with Crippen molar-refractivity contribution in [3.63, 3.8) is 0 Å². The highest BCUT2D eigenvalue weighted by molar-refractivity contribution is 7.89. The molecule has 2 aromatic carbocycles. The third-order valence-corrected chi connectivity index (χ3v) is 6.25. The molecule has 2 aromatic rings. The Labute approximate surface area is 143 Å². The number of hydrogen-bond acceptors (Lipinski definition) is 3. The van der Waals surface area contributed by atoms with E-state index in [1.165, 1.54) is 0 Å². The summed E-state index contributed by atoms with van der Waals surface area (Å²) in [5.41, 5.74) is 1.58. The van der Waals surface area contributed by atoms with Gasteiger partial charge in [-0.1, -0.05) is 36.4 Å². The van der Waals surface area contributed by atoms with E-state index in [2.05, 4.69) is 4.72 Å². The summed E-state index contributed by atoms with van der Waals surface area (Å²) in [5, 5.41) is 11.1. The van der Waals surface area contributed by atoms with Gasteiger partial charge in [0.1, 0.15) is 5.60 Å². The van der Waals surface area contributed by atoms with E-state index in [0.29, 0.717) is 0 Å². The van der Waals surface area contributed by atoms with Gasteiger partial charge in [0.2, 0.25) is 10.0 Å². The van der Waals surface area contributed by atoms with Crippen LogP contribution >= 0.6 is 0 Å². The summed E-state index contributed by atoms with van der Waals surface area (Å²) in [6, 6.07) is 14.4. The van der Waals surface area contributed by atoms with Gasteiger partial charge in [-0.25, -0.2) is 13.1 Å². The van der Waals surface area contributed by atoms with E-state index in [1.54, 1.807) is 18.2 Å². The zero-order chi connectivity index (χ0) is 17.4. The van der Waals surface area contributed by atoms with Crippen molar-refractivity contribution in [1.29, 1.82) is 0 Å². The van der Waals surface area contributed by atoms with E-state index in [9.17, 15) is 13.5 Å². The van der Waals surface area contributed by atoms with E-state index in [-0.39, 0.29) is 17.4 Å². The number of nitrogens with one attached hydrogen (secondary N) is 1. The SMILES string of the molecule is Cc1ccc(S(=O)(=O)NCC(O)(c2ccccc2)C2CC2)cc1C. The van der Waals surface area contributed by atoms with Gasteiger partial charge in [0.25, 0.3) is 0 Å². The number of rotatable bonds is 6. The third kappa shape index (κ3) is 3.38. The van der Waals surface area contributed by atoms with Gasteiger partial charge >= 0.3 is 0 Å². The van der Waals surface area contributed by atoms with Crippen LogP contribution in [-0.4, -0.2) is 20.1 Å². The number of aliphatic hydroxyl groups is 1. The van der Waals surface area contributed by atoms with Crippen molar-refractivity contribution in [2.24, 2.45) is 5.92 Å². The maximum atomic E-state index is 12.6. The van der Waals surface area contributed by atoms with Crippen molar-refractivity contribution in [3.05, 3.63) is 65.2 Å². The minimum Gasteiger partial charge on any atom is -0.383 e. The van der Waals surface area contributed by atoms with Crippen LogP contribution in [-0.2, 0) is 15.6 Å². The molecule has 2 N–H and O–H groups in total. The molecule has 0 aliphatic heterocycles. The summed E-state index contributed by atoms with van der Waals surface area (Å²) in [7, 11) is -3.66. The Kier molecular flexibility index (Phi) is 4.51. The van der Waals surface area contributed by atoms with E-state index >= 15 is 0 Å². The molecular weight excluding hydrogens is 322 g/mol. The highest BCUT2D eigenvalue weighted by Crippen LogP contribution is 2.45. The highest BCUT2D eigenvalue weighted by atomic mass is 32.2. The fraction of sp³-hybridized carbons (Fsp3) is 0.368. The molecule has 1 saturated carbocycles. The summed E-state index contributed by atoms with van der Waals surface area (Å²) in [6.45, 7) is 3.82.